The number of hydrogen-bond donors (Lipinski definition) is 2. The highest BCUT2D eigenvalue weighted by Gasteiger charge is 2.51. The Hall–Kier alpha value is -8.25. The summed E-state index contributed by atoms with van der Waals surface area (Å²) in [7, 11) is 6.74. The van der Waals surface area contributed by atoms with Crippen molar-refractivity contribution in [3.05, 3.63) is 239 Å². The third-order valence-corrected chi connectivity index (χ3v) is 17.0. The molecule has 1 fully saturated rings. The number of rotatable bonds is 17. The molecule has 9 aromatic carbocycles. The maximum atomic E-state index is 13.6. The van der Waals surface area contributed by atoms with Gasteiger partial charge in [0.15, 0.2) is 11.5 Å². The molecule has 3 N–H and O–H groups in total. The second-order valence-electron chi connectivity index (χ2n) is 19.3. The monoisotopic (exact) mass is 1070 g/mol. The van der Waals surface area contributed by atoms with Crippen molar-refractivity contribution in [2.24, 2.45) is 0 Å². The molecule has 394 valence electrons. The highest BCUT2D eigenvalue weighted by Crippen LogP contribution is 2.51. The van der Waals surface area contributed by atoms with E-state index in [-0.39, 0.29) is 23.2 Å². The zero-order valence-electron chi connectivity index (χ0n) is 44.6. The van der Waals surface area contributed by atoms with Gasteiger partial charge in [-0.3, -0.25) is 4.79 Å². The number of carbonyl (C=O) groups excluding carboxylic acids is 1. The Morgan fingerprint density at radius 3 is 1.32 bits per heavy atom. The normalized spacial score (nSPS) is 12.8. The first-order chi connectivity index (χ1) is 38.0. The SMILES string of the molecule is COc1ccc(C(Sc2ccc(-c3cc(N)ccc3C)cc2)c2ccc(OC)cc2)cc1.COc1ccc(C(Sc2ccc(-c3cc(NC(=O)C4(c5ccc6c(c5)OCO6)CC4)ccc3C)cc2)c2ccc(OC)cc2)cc1. The minimum atomic E-state index is -0.533. The lowest BCUT2D eigenvalue weighted by Crippen LogP contribution is -2.27. The number of nitrogens with one attached hydrogen (secondary N) is 1. The highest BCUT2D eigenvalue weighted by molar-refractivity contribution is 8.00. The van der Waals surface area contributed by atoms with E-state index in [4.69, 9.17) is 34.2 Å². The zero-order chi connectivity index (χ0) is 54.2. The van der Waals surface area contributed by atoms with Gasteiger partial charge in [-0.2, -0.15) is 0 Å². The van der Waals surface area contributed by atoms with Crippen LogP contribution in [0.2, 0.25) is 0 Å². The van der Waals surface area contributed by atoms with Crippen molar-refractivity contribution in [1.29, 1.82) is 0 Å². The van der Waals surface area contributed by atoms with E-state index >= 15 is 0 Å². The standard InChI is InChI=1S/C39H35NO5S.C28H27NO2S/c1-25-4-12-30(40-38(41)39(20-21-39)29-11-19-35-36(22-29)45-24-44-35)23-34(25)26-9-17-33(18-10-26)46-37(27-5-13-31(42-2)14-6-27)28-7-15-32(43-3)16-8-28;1-19-4-11-23(29)18-27(19)20-9-16-26(17-10-20)32-28(21-5-12-24(30-2)13-6-21)22-7-14-25(31-3)15-8-22/h4-19,22-23,37H,20-21,24H2,1-3H3,(H,40,41);4-18,28H,29H2,1-3H3. The average Bonchev–Trinajstić information content (AvgIpc) is 4.35. The molecule has 78 heavy (non-hydrogen) atoms. The molecule has 2 aliphatic rings. The maximum absolute atomic E-state index is 13.6. The Morgan fingerprint density at radius 2 is 0.897 bits per heavy atom. The molecular formula is C67H62N2O7S2. The Balaban J connectivity index is 0.000000189. The van der Waals surface area contributed by atoms with Crippen LogP contribution in [0, 0.1) is 13.8 Å². The molecule has 1 heterocycles. The number of aryl methyl sites for hydroxylation is 2. The molecule has 0 spiro atoms. The van der Waals surface area contributed by atoms with E-state index in [1.165, 1.54) is 43.8 Å². The van der Waals surface area contributed by atoms with E-state index in [2.05, 4.69) is 134 Å². The molecule has 11 rings (SSSR count). The van der Waals surface area contributed by atoms with Crippen LogP contribution in [0.15, 0.2) is 210 Å². The number of fused-ring (bicyclic) bond motifs is 1. The third kappa shape index (κ3) is 12.1. The Labute approximate surface area is 466 Å². The molecule has 9 nitrogen and oxygen atoms in total. The molecule has 0 aromatic heterocycles. The van der Waals surface area contributed by atoms with Crippen molar-refractivity contribution in [2.45, 2.75) is 52.4 Å². The molecule has 1 aliphatic heterocycles. The zero-order valence-corrected chi connectivity index (χ0v) is 46.2. The summed E-state index contributed by atoms with van der Waals surface area (Å²) in [4.78, 5) is 15.9. The van der Waals surface area contributed by atoms with E-state index in [1.807, 2.05) is 96.7 Å². The van der Waals surface area contributed by atoms with Crippen LogP contribution in [0.4, 0.5) is 11.4 Å². The van der Waals surface area contributed by atoms with E-state index in [0.717, 1.165) is 80.1 Å². The smallest absolute Gasteiger partial charge is 0.235 e. The van der Waals surface area contributed by atoms with E-state index in [0.29, 0.717) is 5.75 Å². The molecule has 1 amide bonds. The van der Waals surface area contributed by atoms with Gasteiger partial charge in [0.25, 0.3) is 0 Å². The van der Waals surface area contributed by atoms with Gasteiger partial charge in [-0.15, -0.1) is 23.5 Å². The summed E-state index contributed by atoms with van der Waals surface area (Å²) in [5.41, 5.74) is 19.7. The van der Waals surface area contributed by atoms with Crippen molar-refractivity contribution >= 4 is 40.8 Å². The first-order valence-corrected chi connectivity index (χ1v) is 27.6. The van der Waals surface area contributed by atoms with Crippen molar-refractivity contribution in [1.82, 2.24) is 0 Å². The van der Waals surface area contributed by atoms with E-state index in [9.17, 15) is 4.79 Å². The van der Waals surface area contributed by atoms with Gasteiger partial charge in [-0.25, -0.2) is 0 Å². The summed E-state index contributed by atoms with van der Waals surface area (Å²) in [6.45, 7) is 4.43. The average molecular weight is 1070 g/mol. The number of nitrogen functional groups attached to an aromatic ring is 1. The lowest BCUT2D eigenvalue weighted by Gasteiger charge is -2.19. The quantitative estimate of drug-likeness (QED) is 0.0676. The summed E-state index contributed by atoms with van der Waals surface area (Å²) < 4.78 is 32.5. The number of carbonyl (C=O) groups is 1. The number of hydrogen-bond acceptors (Lipinski definition) is 10. The molecule has 0 radical (unpaired) electrons. The number of thioether (sulfide) groups is 2. The molecule has 1 aliphatic carbocycles. The summed E-state index contributed by atoms with van der Waals surface area (Å²) in [5, 5.41) is 3.44. The van der Waals surface area contributed by atoms with Crippen molar-refractivity contribution in [2.75, 3.05) is 46.3 Å². The molecule has 1 saturated carbocycles. The van der Waals surface area contributed by atoms with Gasteiger partial charge in [0.1, 0.15) is 23.0 Å². The fourth-order valence-electron chi connectivity index (χ4n) is 9.65. The van der Waals surface area contributed by atoms with Crippen LogP contribution < -0.4 is 39.5 Å². The molecule has 9 aromatic rings. The second-order valence-corrected chi connectivity index (χ2v) is 21.7. The number of amides is 1. The van der Waals surface area contributed by atoms with Gasteiger partial charge in [-0.05, 0) is 197 Å². The predicted octanol–water partition coefficient (Wildman–Crippen LogP) is 16.1. The van der Waals surface area contributed by atoms with Gasteiger partial charge in [-0.1, -0.05) is 91.0 Å². The Morgan fingerprint density at radius 1 is 0.487 bits per heavy atom. The van der Waals surface area contributed by atoms with Crippen molar-refractivity contribution in [3.8, 4) is 56.8 Å². The predicted molar refractivity (Wildman–Crippen MR) is 317 cm³/mol. The second kappa shape index (κ2) is 24.0. The topological polar surface area (TPSA) is 111 Å². The lowest BCUT2D eigenvalue weighted by molar-refractivity contribution is -0.118. The molecular weight excluding hydrogens is 1010 g/mol. The summed E-state index contributed by atoms with van der Waals surface area (Å²) in [6, 6.07) is 68.4. The van der Waals surface area contributed by atoms with E-state index < -0.39 is 5.41 Å². The summed E-state index contributed by atoms with van der Waals surface area (Å²) in [5.74, 6) is 4.82. The van der Waals surface area contributed by atoms with Crippen LogP contribution >= 0.6 is 23.5 Å². The van der Waals surface area contributed by atoms with Crippen molar-refractivity contribution < 1.29 is 33.2 Å². The summed E-state index contributed by atoms with van der Waals surface area (Å²) >= 11 is 3.63. The van der Waals surface area contributed by atoms with Crippen LogP contribution in [-0.2, 0) is 10.2 Å². The van der Waals surface area contributed by atoms with Gasteiger partial charge >= 0.3 is 0 Å². The lowest BCUT2D eigenvalue weighted by atomic mass is 9.94. The largest absolute Gasteiger partial charge is 0.497 e. The van der Waals surface area contributed by atoms with Crippen molar-refractivity contribution in [3.63, 3.8) is 0 Å². The number of benzene rings is 9. The first-order valence-electron chi connectivity index (χ1n) is 25.8. The molecule has 0 saturated heterocycles. The highest BCUT2D eigenvalue weighted by atomic mass is 32.2. The molecule has 0 bridgehead atoms. The van der Waals surface area contributed by atoms with Crippen LogP contribution in [0.5, 0.6) is 34.5 Å². The van der Waals surface area contributed by atoms with Crippen LogP contribution in [0.25, 0.3) is 22.3 Å². The number of nitrogens with two attached hydrogens (primary N) is 1. The van der Waals surface area contributed by atoms with Gasteiger partial charge in [0.2, 0.25) is 12.7 Å². The van der Waals surface area contributed by atoms with Crippen LogP contribution in [0.1, 0.15) is 62.3 Å². The fourth-order valence-corrected chi connectivity index (χ4v) is 12.0. The Kier molecular flexibility index (Phi) is 16.3. The van der Waals surface area contributed by atoms with Crippen LogP contribution in [0.3, 0.4) is 0 Å². The molecule has 11 heteroatoms. The van der Waals surface area contributed by atoms with E-state index in [1.54, 1.807) is 40.2 Å². The summed E-state index contributed by atoms with van der Waals surface area (Å²) in [6.07, 6.45) is 1.62. The van der Waals surface area contributed by atoms with Gasteiger partial charge < -0.3 is 39.5 Å². The number of ether oxygens (including phenoxy) is 6. The van der Waals surface area contributed by atoms with Gasteiger partial charge in [0, 0.05) is 21.2 Å². The maximum Gasteiger partial charge on any atom is 0.235 e. The Bertz CT molecular complexity index is 3400. The number of methoxy groups -OCH3 is 4. The minimum Gasteiger partial charge on any atom is -0.497 e. The molecule has 0 atom stereocenters. The minimum absolute atomic E-state index is 0.0102. The third-order valence-electron chi connectivity index (χ3n) is 14.4. The fraction of sp³-hybridized carbons (Fsp3) is 0.179. The van der Waals surface area contributed by atoms with Crippen LogP contribution in [-0.4, -0.2) is 41.1 Å². The number of anilines is 2. The molecule has 0 unspecified atom stereocenters. The van der Waals surface area contributed by atoms with Gasteiger partial charge in [0.05, 0.1) is 44.4 Å². The first kappa shape index (κ1) is 53.2.